The molecule has 0 spiro atoms. The fourth-order valence-corrected chi connectivity index (χ4v) is 4.26. The Kier molecular flexibility index (Phi) is 7.20. The van der Waals surface area contributed by atoms with E-state index in [1.54, 1.807) is 37.3 Å². The predicted octanol–water partition coefficient (Wildman–Crippen LogP) is 4.98. The molecule has 2 amide bonds. The predicted molar refractivity (Wildman–Crippen MR) is 121 cm³/mol. The van der Waals surface area contributed by atoms with Crippen molar-refractivity contribution in [2.24, 2.45) is 0 Å². The van der Waals surface area contributed by atoms with Crippen molar-refractivity contribution in [1.29, 1.82) is 0 Å². The van der Waals surface area contributed by atoms with Crippen molar-refractivity contribution >= 4 is 30.2 Å². The second-order valence-corrected chi connectivity index (χ2v) is 14.7. The van der Waals surface area contributed by atoms with E-state index in [1.807, 2.05) is 0 Å². The van der Waals surface area contributed by atoms with E-state index in [-0.39, 0.29) is 15.7 Å². The quantitative estimate of drug-likeness (QED) is 0.458. The van der Waals surface area contributed by atoms with Crippen molar-refractivity contribution in [3.05, 3.63) is 48.5 Å². The second kappa shape index (κ2) is 9.09. The number of benzene rings is 2. The third-order valence-corrected chi connectivity index (χ3v) is 10.5. The van der Waals surface area contributed by atoms with Crippen LogP contribution in [0.15, 0.2) is 53.4 Å². The van der Waals surface area contributed by atoms with Gasteiger partial charge < -0.3 is 19.2 Å². The van der Waals surface area contributed by atoms with Crippen molar-refractivity contribution in [2.45, 2.75) is 50.7 Å². The van der Waals surface area contributed by atoms with Gasteiger partial charge >= 0.3 is 16.1 Å². The second-order valence-electron chi connectivity index (χ2n) is 8.38. The Balaban J connectivity index is 2.13. The van der Waals surface area contributed by atoms with Crippen molar-refractivity contribution < 1.29 is 21.8 Å². The van der Waals surface area contributed by atoms with E-state index in [1.165, 1.54) is 18.2 Å². The van der Waals surface area contributed by atoms with Gasteiger partial charge in [0.05, 0.1) is 0 Å². The van der Waals surface area contributed by atoms with E-state index >= 15 is 0 Å². The summed E-state index contributed by atoms with van der Waals surface area (Å²) < 4.78 is 36.7. The first-order valence-electron chi connectivity index (χ1n) is 9.72. The molecule has 164 valence electrons. The number of amides is 2. The topological polar surface area (TPSA) is 93.7 Å². The lowest BCUT2D eigenvalue weighted by atomic mass is 10.2. The van der Waals surface area contributed by atoms with Gasteiger partial charge in [-0.15, -0.1) is 0 Å². The van der Waals surface area contributed by atoms with Crippen LogP contribution in [0.3, 0.4) is 0 Å². The molecule has 2 aromatic rings. The fourth-order valence-electron chi connectivity index (χ4n) is 2.25. The van der Waals surface area contributed by atoms with Gasteiger partial charge in [-0.25, -0.2) is 4.79 Å². The lowest BCUT2D eigenvalue weighted by Crippen LogP contribution is -2.43. The highest BCUT2D eigenvalue weighted by Gasteiger charge is 2.38. The monoisotopic (exact) mass is 450 g/mol. The van der Waals surface area contributed by atoms with Crippen LogP contribution in [0.2, 0.25) is 18.1 Å². The maximum Gasteiger partial charge on any atom is 0.339 e. The summed E-state index contributed by atoms with van der Waals surface area (Å²) in [6.45, 7) is 13.0. The average Bonchev–Trinajstić information content (AvgIpc) is 2.62. The Morgan fingerprint density at radius 2 is 1.63 bits per heavy atom. The van der Waals surface area contributed by atoms with Crippen LogP contribution >= 0.6 is 0 Å². The zero-order valence-electron chi connectivity index (χ0n) is 18.3. The molecule has 2 N–H and O–H groups in total. The molecule has 0 aliphatic rings. The lowest BCUT2D eigenvalue weighted by molar-refractivity contribution is 0.252. The van der Waals surface area contributed by atoms with E-state index in [4.69, 9.17) is 8.61 Å². The number of urea groups is 1. The van der Waals surface area contributed by atoms with Gasteiger partial charge in [0, 0.05) is 12.2 Å². The summed E-state index contributed by atoms with van der Waals surface area (Å²) in [4.78, 5) is 11.6. The van der Waals surface area contributed by atoms with Crippen LogP contribution in [0.1, 0.15) is 27.7 Å². The minimum atomic E-state index is -4.06. The molecule has 0 bridgehead atoms. The Bertz CT molecular complexity index is 983. The van der Waals surface area contributed by atoms with Gasteiger partial charge in [0.2, 0.25) is 8.32 Å². The molecule has 0 unspecified atom stereocenters. The number of hydrogen-bond acceptors (Lipinski definition) is 5. The molecular weight excluding hydrogens is 420 g/mol. The van der Waals surface area contributed by atoms with Crippen LogP contribution in [-0.2, 0) is 10.1 Å². The summed E-state index contributed by atoms with van der Waals surface area (Å²) in [5, 5.41) is 5.21. The summed E-state index contributed by atoms with van der Waals surface area (Å²) in [6, 6.07) is 12.0. The first kappa shape index (κ1) is 23.8. The largest absolute Gasteiger partial charge is 0.543 e. The molecule has 0 atom stereocenters. The van der Waals surface area contributed by atoms with E-state index in [9.17, 15) is 13.2 Å². The molecule has 0 fully saturated rings. The third kappa shape index (κ3) is 6.24. The van der Waals surface area contributed by atoms with Gasteiger partial charge in [0.1, 0.15) is 16.4 Å². The van der Waals surface area contributed by atoms with Gasteiger partial charge in [-0.05, 0) is 67.5 Å². The van der Waals surface area contributed by atoms with Crippen LogP contribution in [0.5, 0.6) is 11.5 Å². The van der Waals surface area contributed by atoms with Crippen molar-refractivity contribution in [3.63, 3.8) is 0 Å². The molecular formula is C21H30N2O5SSi. The number of hydrogen-bond donors (Lipinski definition) is 2. The number of anilines is 1. The number of carbonyl (C=O) groups excluding carboxylic acids is 1. The minimum absolute atomic E-state index is 0.0542. The standard InChI is InChI=1S/C21H30N2O5SSi/c1-7-22-20(24)23-16-9-8-10-19(15-16)29(25,26)27-17-11-13-18(14-12-17)28-30(5,6)21(2,3)4/h8-15H,7H2,1-6H3,(H2,22,23,24). The molecule has 0 aliphatic heterocycles. The Labute approximate surface area is 180 Å². The highest BCUT2D eigenvalue weighted by atomic mass is 32.2. The molecule has 0 aromatic heterocycles. The fraction of sp³-hybridized carbons (Fsp3) is 0.381. The van der Waals surface area contributed by atoms with Crippen LogP contribution in [0, 0.1) is 0 Å². The lowest BCUT2D eigenvalue weighted by Gasteiger charge is -2.36. The molecule has 0 aliphatic carbocycles. The summed E-state index contributed by atoms with van der Waals surface area (Å²) in [5.74, 6) is 0.860. The van der Waals surface area contributed by atoms with E-state index in [0.29, 0.717) is 18.0 Å². The first-order chi connectivity index (χ1) is 13.8. The smallest absolute Gasteiger partial charge is 0.339 e. The third-order valence-electron chi connectivity index (χ3n) is 4.93. The van der Waals surface area contributed by atoms with Crippen LogP contribution in [0.25, 0.3) is 0 Å². The van der Waals surface area contributed by atoms with Gasteiger partial charge in [-0.3, -0.25) is 0 Å². The van der Waals surface area contributed by atoms with E-state index < -0.39 is 24.5 Å². The van der Waals surface area contributed by atoms with Crippen LogP contribution in [-0.4, -0.2) is 29.3 Å². The average molecular weight is 451 g/mol. The highest BCUT2D eigenvalue weighted by Crippen LogP contribution is 2.37. The molecule has 9 heteroatoms. The van der Waals surface area contributed by atoms with Crippen LogP contribution < -0.4 is 19.2 Å². The first-order valence-corrected chi connectivity index (χ1v) is 14.0. The summed E-state index contributed by atoms with van der Waals surface area (Å²) >= 11 is 0. The number of carbonyl (C=O) groups is 1. The number of nitrogens with one attached hydrogen (secondary N) is 2. The maximum atomic E-state index is 12.6. The Morgan fingerprint density at radius 3 is 2.20 bits per heavy atom. The van der Waals surface area contributed by atoms with Crippen molar-refractivity contribution in [2.75, 3.05) is 11.9 Å². The summed E-state index contributed by atoms with van der Waals surface area (Å²) in [5.41, 5.74) is 0.351. The normalized spacial score (nSPS) is 12.2. The van der Waals surface area contributed by atoms with Gasteiger partial charge in [-0.2, -0.15) is 8.42 Å². The summed E-state index contributed by atoms with van der Waals surface area (Å²) in [7, 11) is -6.05. The molecule has 2 aromatic carbocycles. The van der Waals surface area contributed by atoms with Crippen molar-refractivity contribution in [1.82, 2.24) is 5.32 Å². The molecule has 0 heterocycles. The molecule has 0 radical (unpaired) electrons. The number of rotatable bonds is 7. The van der Waals surface area contributed by atoms with Crippen molar-refractivity contribution in [3.8, 4) is 11.5 Å². The Hall–Kier alpha value is -2.52. The Morgan fingerprint density at radius 1 is 1.03 bits per heavy atom. The van der Waals surface area contributed by atoms with E-state index in [0.717, 1.165) is 0 Å². The van der Waals surface area contributed by atoms with Crippen LogP contribution in [0.4, 0.5) is 10.5 Å². The summed E-state index contributed by atoms with van der Waals surface area (Å²) in [6.07, 6.45) is 0. The zero-order chi connectivity index (χ0) is 22.6. The van der Waals surface area contributed by atoms with E-state index in [2.05, 4.69) is 44.5 Å². The van der Waals surface area contributed by atoms with Gasteiger partial charge in [-0.1, -0.05) is 26.8 Å². The molecule has 7 nitrogen and oxygen atoms in total. The zero-order valence-corrected chi connectivity index (χ0v) is 20.1. The SMILES string of the molecule is CCNC(=O)Nc1cccc(S(=O)(=O)Oc2ccc(O[Si](C)(C)C(C)(C)C)cc2)c1. The molecule has 0 saturated carbocycles. The molecule has 0 saturated heterocycles. The van der Waals surface area contributed by atoms with Gasteiger partial charge in [0.15, 0.2) is 0 Å². The minimum Gasteiger partial charge on any atom is -0.543 e. The maximum absolute atomic E-state index is 12.6. The molecule has 30 heavy (non-hydrogen) atoms. The van der Waals surface area contributed by atoms with Gasteiger partial charge in [0.25, 0.3) is 0 Å². The molecule has 2 rings (SSSR count). The highest BCUT2D eigenvalue weighted by molar-refractivity contribution is 7.87.